The molecule has 0 bridgehead atoms. The molecule has 2 nitrogen and oxygen atoms in total. The minimum atomic E-state index is 0.658. The Morgan fingerprint density at radius 2 is 2.00 bits per heavy atom. The van der Waals surface area contributed by atoms with Crippen molar-refractivity contribution in [3.63, 3.8) is 0 Å². The zero-order valence-electron chi connectivity index (χ0n) is 12.7. The summed E-state index contributed by atoms with van der Waals surface area (Å²) in [5.74, 6) is 1.65. The maximum atomic E-state index is 5.60. The van der Waals surface area contributed by atoms with E-state index in [9.17, 15) is 0 Å². The second-order valence-electron chi connectivity index (χ2n) is 6.26. The van der Waals surface area contributed by atoms with Crippen LogP contribution in [0.3, 0.4) is 0 Å². The highest BCUT2D eigenvalue weighted by Gasteiger charge is 2.16. The molecule has 0 aliphatic heterocycles. The summed E-state index contributed by atoms with van der Waals surface area (Å²) in [6, 6.07) is 0.770. The predicted molar refractivity (Wildman–Crippen MR) is 78.9 cm³/mol. The number of rotatable bonds is 8. The topological polar surface area (TPSA) is 21.3 Å². The van der Waals surface area contributed by atoms with Gasteiger partial charge >= 0.3 is 0 Å². The average molecular weight is 255 g/mol. The van der Waals surface area contributed by atoms with Gasteiger partial charge in [-0.1, -0.05) is 40.0 Å². The molecule has 18 heavy (non-hydrogen) atoms. The molecule has 2 atom stereocenters. The summed E-state index contributed by atoms with van der Waals surface area (Å²) in [7, 11) is 0. The first kappa shape index (κ1) is 16.0. The van der Waals surface area contributed by atoms with Crippen LogP contribution in [0.5, 0.6) is 0 Å². The lowest BCUT2D eigenvalue weighted by molar-refractivity contribution is 0.107. The molecule has 1 saturated carbocycles. The third-order valence-corrected chi connectivity index (χ3v) is 4.02. The molecule has 0 heterocycles. The zero-order chi connectivity index (χ0) is 13.2. The van der Waals surface area contributed by atoms with Gasteiger partial charge in [-0.2, -0.15) is 0 Å². The van der Waals surface area contributed by atoms with Gasteiger partial charge in [-0.05, 0) is 44.1 Å². The Bertz CT molecular complexity index is 194. The quantitative estimate of drug-likeness (QED) is 0.523. The molecule has 0 aromatic carbocycles. The van der Waals surface area contributed by atoms with Crippen LogP contribution in [0, 0.1) is 11.8 Å². The van der Waals surface area contributed by atoms with Crippen LogP contribution in [0.15, 0.2) is 0 Å². The molecule has 0 aromatic heterocycles. The second kappa shape index (κ2) is 9.80. The third-order valence-electron chi connectivity index (χ3n) is 4.02. The normalized spacial score (nSPS) is 25.3. The summed E-state index contributed by atoms with van der Waals surface area (Å²) < 4.78 is 5.60. The standard InChI is InChI=1S/C16H33NO/c1-4-15-7-5-8-16(10-9-15)17-11-6-12-18-13-14(2)3/h14-17H,4-13H2,1-3H3. The van der Waals surface area contributed by atoms with E-state index < -0.39 is 0 Å². The molecule has 1 aliphatic carbocycles. The molecular weight excluding hydrogens is 222 g/mol. The fourth-order valence-electron chi connectivity index (χ4n) is 2.79. The van der Waals surface area contributed by atoms with Crippen LogP contribution >= 0.6 is 0 Å². The van der Waals surface area contributed by atoms with E-state index >= 15 is 0 Å². The lowest BCUT2D eigenvalue weighted by atomic mass is 9.98. The van der Waals surface area contributed by atoms with E-state index in [0.717, 1.165) is 38.1 Å². The van der Waals surface area contributed by atoms with Crippen molar-refractivity contribution < 1.29 is 4.74 Å². The van der Waals surface area contributed by atoms with Gasteiger partial charge in [-0.15, -0.1) is 0 Å². The monoisotopic (exact) mass is 255 g/mol. The first-order valence-corrected chi connectivity index (χ1v) is 8.03. The number of nitrogens with one attached hydrogen (secondary N) is 1. The molecule has 2 heteroatoms. The lowest BCUT2D eigenvalue weighted by Gasteiger charge is -2.16. The molecule has 1 aliphatic rings. The Balaban J connectivity index is 1.98. The largest absolute Gasteiger partial charge is 0.381 e. The number of hydrogen-bond donors (Lipinski definition) is 1. The summed E-state index contributed by atoms with van der Waals surface area (Å²) in [4.78, 5) is 0. The number of hydrogen-bond acceptors (Lipinski definition) is 2. The van der Waals surface area contributed by atoms with E-state index in [0.29, 0.717) is 5.92 Å². The predicted octanol–water partition coefficient (Wildman–Crippen LogP) is 4.00. The van der Waals surface area contributed by atoms with E-state index in [4.69, 9.17) is 4.74 Å². The molecule has 2 unspecified atom stereocenters. The van der Waals surface area contributed by atoms with Crippen LogP contribution in [0.2, 0.25) is 0 Å². The van der Waals surface area contributed by atoms with Crippen molar-refractivity contribution in [3.05, 3.63) is 0 Å². The Morgan fingerprint density at radius 3 is 2.72 bits per heavy atom. The van der Waals surface area contributed by atoms with Gasteiger partial charge in [0, 0.05) is 19.3 Å². The van der Waals surface area contributed by atoms with Gasteiger partial charge in [-0.3, -0.25) is 0 Å². The molecule has 1 N–H and O–H groups in total. The highest BCUT2D eigenvalue weighted by molar-refractivity contribution is 4.74. The van der Waals surface area contributed by atoms with Gasteiger partial charge in [0.1, 0.15) is 0 Å². The average Bonchev–Trinajstić information content (AvgIpc) is 2.58. The molecule has 0 spiro atoms. The van der Waals surface area contributed by atoms with Gasteiger partial charge in [0.05, 0.1) is 0 Å². The first-order chi connectivity index (χ1) is 8.72. The Hall–Kier alpha value is -0.0800. The van der Waals surface area contributed by atoms with Crippen molar-refractivity contribution in [2.45, 2.75) is 71.8 Å². The van der Waals surface area contributed by atoms with Crippen molar-refractivity contribution in [3.8, 4) is 0 Å². The van der Waals surface area contributed by atoms with Gasteiger partial charge in [0.15, 0.2) is 0 Å². The van der Waals surface area contributed by atoms with E-state index in [1.54, 1.807) is 0 Å². The van der Waals surface area contributed by atoms with Gasteiger partial charge in [0.2, 0.25) is 0 Å². The van der Waals surface area contributed by atoms with Crippen LogP contribution in [0.1, 0.15) is 65.7 Å². The van der Waals surface area contributed by atoms with Crippen molar-refractivity contribution in [1.29, 1.82) is 0 Å². The Kier molecular flexibility index (Phi) is 8.70. The maximum absolute atomic E-state index is 5.60. The summed E-state index contributed by atoms with van der Waals surface area (Å²) >= 11 is 0. The maximum Gasteiger partial charge on any atom is 0.0489 e. The molecule has 0 amide bonds. The fraction of sp³-hybridized carbons (Fsp3) is 1.00. The minimum absolute atomic E-state index is 0.658. The molecule has 1 rings (SSSR count). The van der Waals surface area contributed by atoms with Crippen LogP contribution < -0.4 is 5.32 Å². The summed E-state index contributed by atoms with van der Waals surface area (Å²) in [5, 5.41) is 3.71. The van der Waals surface area contributed by atoms with E-state index in [1.165, 1.54) is 38.5 Å². The zero-order valence-corrected chi connectivity index (χ0v) is 12.7. The minimum Gasteiger partial charge on any atom is -0.381 e. The van der Waals surface area contributed by atoms with Crippen molar-refractivity contribution in [2.24, 2.45) is 11.8 Å². The van der Waals surface area contributed by atoms with Crippen molar-refractivity contribution in [1.82, 2.24) is 5.32 Å². The van der Waals surface area contributed by atoms with Crippen LogP contribution in [0.25, 0.3) is 0 Å². The van der Waals surface area contributed by atoms with Crippen molar-refractivity contribution >= 4 is 0 Å². The highest BCUT2D eigenvalue weighted by Crippen LogP contribution is 2.25. The smallest absolute Gasteiger partial charge is 0.0489 e. The SMILES string of the molecule is CCC1CCCC(NCCCOCC(C)C)CC1. The molecule has 0 radical (unpaired) electrons. The summed E-state index contributed by atoms with van der Waals surface area (Å²) in [6.45, 7) is 9.68. The summed E-state index contributed by atoms with van der Waals surface area (Å²) in [6.07, 6.45) is 9.58. The van der Waals surface area contributed by atoms with Gasteiger partial charge in [0.25, 0.3) is 0 Å². The van der Waals surface area contributed by atoms with E-state index in [-0.39, 0.29) is 0 Å². The molecule has 0 aromatic rings. The van der Waals surface area contributed by atoms with Crippen LogP contribution in [-0.2, 0) is 4.74 Å². The Morgan fingerprint density at radius 1 is 1.17 bits per heavy atom. The summed E-state index contributed by atoms with van der Waals surface area (Å²) in [5.41, 5.74) is 0. The molecule has 1 fully saturated rings. The van der Waals surface area contributed by atoms with Gasteiger partial charge in [-0.25, -0.2) is 0 Å². The van der Waals surface area contributed by atoms with E-state index in [1.807, 2.05) is 0 Å². The first-order valence-electron chi connectivity index (χ1n) is 8.03. The van der Waals surface area contributed by atoms with Crippen LogP contribution in [-0.4, -0.2) is 25.8 Å². The molecule has 0 saturated heterocycles. The highest BCUT2D eigenvalue weighted by atomic mass is 16.5. The number of ether oxygens (including phenoxy) is 1. The van der Waals surface area contributed by atoms with Crippen molar-refractivity contribution in [2.75, 3.05) is 19.8 Å². The fourth-order valence-corrected chi connectivity index (χ4v) is 2.79. The Labute approximate surface area is 114 Å². The molecular formula is C16H33NO. The second-order valence-corrected chi connectivity index (χ2v) is 6.26. The van der Waals surface area contributed by atoms with E-state index in [2.05, 4.69) is 26.1 Å². The molecule has 108 valence electrons. The van der Waals surface area contributed by atoms with Gasteiger partial charge < -0.3 is 10.1 Å². The lowest BCUT2D eigenvalue weighted by Crippen LogP contribution is -2.30. The third kappa shape index (κ3) is 7.38. The van der Waals surface area contributed by atoms with Crippen LogP contribution in [0.4, 0.5) is 0 Å².